The fourth-order valence-corrected chi connectivity index (χ4v) is 1.89. The van der Waals surface area contributed by atoms with Gasteiger partial charge in [0.25, 0.3) is 0 Å². The lowest BCUT2D eigenvalue weighted by Crippen LogP contribution is -1.90. The molecule has 1 aliphatic rings. The van der Waals surface area contributed by atoms with Gasteiger partial charge in [-0.15, -0.1) is 0 Å². The Morgan fingerprint density at radius 3 is 2.59 bits per heavy atom. The van der Waals surface area contributed by atoms with Crippen molar-refractivity contribution in [1.82, 2.24) is 4.98 Å². The van der Waals surface area contributed by atoms with Crippen LogP contribution < -0.4 is 10.5 Å². The first-order chi connectivity index (χ1) is 8.43. The van der Waals surface area contributed by atoms with E-state index < -0.39 is 0 Å². The molecule has 2 N–H and O–H groups in total. The standard InChI is InChI=1S/C13H11NO.CH5N/c1-2-6-12-10(4-1)7-8-11-5-3-9-14-13(11)15-12;1-2/h1-6,9H,7-8H2;2H2,1H3. The highest BCUT2D eigenvalue weighted by atomic mass is 16.5. The van der Waals surface area contributed by atoms with Crippen LogP contribution in [0, 0.1) is 0 Å². The predicted molar refractivity (Wildman–Crippen MR) is 68.3 cm³/mol. The number of nitrogens with zero attached hydrogens (tertiary/aromatic N) is 1. The third-order valence-electron chi connectivity index (χ3n) is 2.69. The van der Waals surface area contributed by atoms with E-state index in [0.29, 0.717) is 0 Å². The van der Waals surface area contributed by atoms with E-state index >= 15 is 0 Å². The van der Waals surface area contributed by atoms with E-state index in [4.69, 9.17) is 4.74 Å². The molecule has 88 valence electrons. The minimum absolute atomic E-state index is 0.752. The van der Waals surface area contributed by atoms with Gasteiger partial charge in [0, 0.05) is 11.8 Å². The van der Waals surface area contributed by atoms with E-state index in [9.17, 15) is 0 Å². The largest absolute Gasteiger partial charge is 0.438 e. The monoisotopic (exact) mass is 228 g/mol. The first-order valence-electron chi connectivity index (χ1n) is 5.71. The number of nitrogens with two attached hydrogens (primary N) is 1. The molecule has 0 amide bonds. The molecule has 0 aliphatic carbocycles. The highest BCUT2D eigenvalue weighted by Crippen LogP contribution is 2.31. The van der Waals surface area contributed by atoms with Crippen LogP contribution in [0.15, 0.2) is 42.6 Å². The maximum Gasteiger partial charge on any atom is 0.222 e. The molecular formula is C14H16N2O. The summed E-state index contributed by atoms with van der Waals surface area (Å²) >= 11 is 0. The quantitative estimate of drug-likeness (QED) is 0.753. The molecule has 0 saturated carbocycles. The number of ether oxygens (including phenoxy) is 1. The van der Waals surface area contributed by atoms with Gasteiger partial charge in [-0.05, 0) is 37.6 Å². The van der Waals surface area contributed by atoms with E-state index in [1.54, 1.807) is 6.20 Å². The summed E-state index contributed by atoms with van der Waals surface area (Å²) in [6.07, 6.45) is 3.79. The molecule has 2 aromatic rings. The molecule has 0 fully saturated rings. The molecule has 1 aliphatic heterocycles. The van der Waals surface area contributed by atoms with Gasteiger partial charge in [-0.25, -0.2) is 4.98 Å². The fourth-order valence-electron chi connectivity index (χ4n) is 1.89. The number of para-hydroxylation sites is 1. The van der Waals surface area contributed by atoms with Crippen LogP contribution >= 0.6 is 0 Å². The minimum atomic E-state index is 0.752. The summed E-state index contributed by atoms with van der Waals surface area (Å²) in [7, 11) is 1.50. The summed E-state index contributed by atoms with van der Waals surface area (Å²) < 4.78 is 5.79. The third-order valence-corrected chi connectivity index (χ3v) is 2.69. The Balaban J connectivity index is 0.000000514. The van der Waals surface area contributed by atoms with E-state index in [1.807, 2.05) is 24.3 Å². The zero-order valence-electron chi connectivity index (χ0n) is 9.89. The van der Waals surface area contributed by atoms with Crippen LogP contribution in [0.3, 0.4) is 0 Å². The van der Waals surface area contributed by atoms with Crippen LogP contribution in [0.4, 0.5) is 0 Å². The number of fused-ring (bicyclic) bond motifs is 2. The third kappa shape index (κ3) is 2.45. The van der Waals surface area contributed by atoms with E-state index in [2.05, 4.69) is 22.9 Å². The zero-order chi connectivity index (χ0) is 12.1. The lowest BCUT2D eigenvalue weighted by molar-refractivity contribution is 0.459. The van der Waals surface area contributed by atoms with Gasteiger partial charge >= 0.3 is 0 Å². The van der Waals surface area contributed by atoms with E-state index in [1.165, 1.54) is 18.2 Å². The second kappa shape index (κ2) is 5.46. The average Bonchev–Trinajstić information content (AvgIpc) is 2.60. The number of aryl methyl sites for hydroxylation is 2. The van der Waals surface area contributed by atoms with Gasteiger partial charge in [0.05, 0.1) is 0 Å². The van der Waals surface area contributed by atoms with Crippen molar-refractivity contribution < 1.29 is 4.74 Å². The maximum absolute atomic E-state index is 5.79. The first-order valence-corrected chi connectivity index (χ1v) is 5.71. The predicted octanol–water partition coefficient (Wildman–Crippen LogP) is 2.55. The van der Waals surface area contributed by atoms with Crippen molar-refractivity contribution in [3.05, 3.63) is 53.7 Å². The lowest BCUT2D eigenvalue weighted by Gasteiger charge is -2.06. The van der Waals surface area contributed by atoms with Gasteiger partial charge < -0.3 is 10.5 Å². The van der Waals surface area contributed by atoms with Crippen molar-refractivity contribution in [1.29, 1.82) is 0 Å². The van der Waals surface area contributed by atoms with Crippen molar-refractivity contribution in [2.75, 3.05) is 7.05 Å². The maximum atomic E-state index is 5.79. The number of pyridine rings is 1. The molecule has 0 radical (unpaired) electrons. The van der Waals surface area contributed by atoms with Crippen LogP contribution in [-0.4, -0.2) is 12.0 Å². The number of rotatable bonds is 0. The van der Waals surface area contributed by atoms with Gasteiger partial charge in [-0.1, -0.05) is 24.3 Å². The number of aromatic nitrogens is 1. The van der Waals surface area contributed by atoms with Gasteiger partial charge in [-0.2, -0.15) is 0 Å². The molecule has 0 unspecified atom stereocenters. The van der Waals surface area contributed by atoms with Crippen LogP contribution in [0.1, 0.15) is 11.1 Å². The number of hydrogen-bond acceptors (Lipinski definition) is 3. The van der Waals surface area contributed by atoms with Crippen molar-refractivity contribution in [3.8, 4) is 11.6 Å². The molecule has 0 bridgehead atoms. The average molecular weight is 228 g/mol. The highest BCUT2D eigenvalue weighted by Gasteiger charge is 2.13. The number of benzene rings is 1. The summed E-state index contributed by atoms with van der Waals surface area (Å²) in [6.45, 7) is 0. The number of hydrogen-bond donors (Lipinski definition) is 1. The van der Waals surface area contributed by atoms with Crippen LogP contribution in [0.25, 0.3) is 0 Å². The minimum Gasteiger partial charge on any atom is -0.438 e. The second-order valence-electron chi connectivity index (χ2n) is 3.68. The molecule has 1 aromatic heterocycles. The molecule has 2 heterocycles. The van der Waals surface area contributed by atoms with Gasteiger partial charge in [-0.3, -0.25) is 0 Å². The molecule has 0 saturated heterocycles. The van der Waals surface area contributed by atoms with Crippen LogP contribution in [0.2, 0.25) is 0 Å². The SMILES string of the molecule is CN.c1ccc2c(c1)CCc1cccnc1O2. The summed E-state index contributed by atoms with van der Waals surface area (Å²) in [5, 5.41) is 0. The molecule has 3 nitrogen and oxygen atoms in total. The Morgan fingerprint density at radius 1 is 1.00 bits per heavy atom. The topological polar surface area (TPSA) is 48.1 Å². The smallest absolute Gasteiger partial charge is 0.222 e. The Bertz CT molecular complexity index is 452. The Morgan fingerprint density at radius 2 is 1.71 bits per heavy atom. The fraction of sp³-hybridized carbons (Fsp3) is 0.214. The normalized spacial score (nSPS) is 12.1. The summed E-state index contributed by atoms with van der Waals surface area (Å²) in [5.74, 6) is 1.69. The summed E-state index contributed by atoms with van der Waals surface area (Å²) in [5.41, 5.74) is 6.95. The molecular weight excluding hydrogens is 212 g/mol. The van der Waals surface area contributed by atoms with Crippen molar-refractivity contribution in [2.24, 2.45) is 5.73 Å². The lowest BCUT2D eigenvalue weighted by atomic mass is 10.1. The Kier molecular flexibility index (Phi) is 3.73. The van der Waals surface area contributed by atoms with Crippen LogP contribution in [0.5, 0.6) is 11.6 Å². The van der Waals surface area contributed by atoms with E-state index in [-0.39, 0.29) is 0 Å². The molecule has 3 heteroatoms. The first kappa shape index (κ1) is 11.6. The van der Waals surface area contributed by atoms with E-state index in [0.717, 1.165) is 24.5 Å². The Hall–Kier alpha value is -1.87. The van der Waals surface area contributed by atoms with Gasteiger partial charge in [0.1, 0.15) is 5.75 Å². The molecule has 17 heavy (non-hydrogen) atoms. The van der Waals surface area contributed by atoms with Crippen molar-refractivity contribution in [3.63, 3.8) is 0 Å². The van der Waals surface area contributed by atoms with Crippen molar-refractivity contribution in [2.45, 2.75) is 12.8 Å². The van der Waals surface area contributed by atoms with Gasteiger partial charge in [0.15, 0.2) is 0 Å². The zero-order valence-corrected chi connectivity index (χ0v) is 9.89. The second-order valence-corrected chi connectivity index (χ2v) is 3.68. The molecule has 0 atom stereocenters. The molecule has 0 spiro atoms. The summed E-state index contributed by atoms with van der Waals surface area (Å²) in [4.78, 5) is 4.26. The molecule has 1 aromatic carbocycles. The highest BCUT2D eigenvalue weighted by molar-refractivity contribution is 5.41. The van der Waals surface area contributed by atoms with Crippen LogP contribution in [-0.2, 0) is 12.8 Å². The summed E-state index contributed by atoms with van der Waals surface area (Å²) in [6, 6.07) is 12.2. The van der Waals surface area contributed by atoms with Crippen molar-refractivity contribution >= 4 is 0 Å². The molecule has 3 rings (SSSR count). The Labute approximate surface area is 101 Å². The van der Waals surface area contributed by atoms with Gasteiger partial charge in [0.2, 0.25) is 5.88 Å².